The summed E-state index contributed by atoms with van der Waals surface area (Å²) in [6, 6.07) is 0.876. The molecule has 0 aromatic carbocycles. The molecule has 1 aliphatic carbocycles. The molecule has 0 saturated heterocycles. The van der Waals surface area contributed by atoms with E-state index in [9.17, 15) is 0 Å². The first-order valence-corrected chi connectivity index (χ1v) is 6.77. The molecule has 1 N–H and O–H groups in total. The van der Waals surface area contributed by atoms with Crippen LogP contribution in [0.4, 0.5) is 0 Å². The number of hydrogen-bond donors (Lipinski definition) is 1. The van der Waals surface area contributed by atoms with Gasteiger partial charge in [-0.1, -0.05) is 32.6 Å². The molecule has 0 radical (unpaired) electrons. The van der Waals surface area contributed by atoms with Gasteiger partial charge in [-0.15, -0.1) is 0 Å². The average molecular weight is 212 g/mol. The zero-order chi connectivity index (χ0) is 10.9. The first-order chi connectivity index (χ1) is 7.38. The number of likely N-dealkylation sites (N-methyl/N-ethyl adjacent to an activating group) is 1. The van der Waals surface area contributed by atoms with E-state index >= 15 is 0 Å². The largest absolute Gasteiger partial charge is 0.318 e. The van der Waals surface area contributed by atoms with Crippen molar-refractivity contribution >= 4 is 0 Å². The molecule has 0 aromatic rings. The molecular weight excluding hydrogens is 184 g/mol. The van der Waals surface area contributed by atoms with E-state index in [1.54, 1.807) is 0 Å². The van der Waals surface area contributed by atoms with E-state index in [-0.39, 0.29) is 0 Å². The van der Waals surface area contributed by atoms with Crippen LogP contribution in [0.1, 0.15) is 51.9 Å². The van der Waals surface area contributed by atoms with Crippen molar-refractivity contribution in [3.8, 4) is 0 Å². The Labute approximate surface area is 95.4 Å². The molecular formula is C13H28N2. The van der Waals surface area contributed by atoms with Gasteiger partial charge in [-0.25, -0.2) is 0 Å². The molecule has 0 atom stereocenters. The van der Waals surface area contributed by atoms with Crippen LogP contribution in [-0.4, -0.2) is 37.6 Å². The van der Waals surface area contributed by atoms with E-state index in [0.29, 0.717) is 0 Å². The molecule has 0 spiro atoms. The second-order valence-corrected chi connectivity index (χ2v) is 4.78. The standard InChI is InChI=1S/C13H28N2/c1-3-11-15(12-10-14-2)13-8-6-4-5-7-9-13/h13-14H,3-12H2,1-2H3. The smallest absolute Gasteiger partial charge is 0.0110 e. The second kappa shape index (κ2) is 8.12. The molecule has 15 heavy (non-hydrogen) atoms. The fourth-order valence-corrected chi connectivity index (χ4v) is 2.64. The summed E-state index contributed by atoms with van der Waals surface area (Å²) in [7, 11) is 2.05. The van der Waals surface area contributed by atoms with Gasteiger partial charge >= 0.3 is 0 Å². The maximum Gasteiger partial charge on any atom is 0.0110 e. The highest BCUT2D eigenvalue weighted by atomic mass is 15.2. The fraction of sp³-hybridized carbons (Fsp3) is 1.00. The number of nitrogens with one attached hydrogen (secondary N) is 1. The van der Waals surface area contributed by atoms with Crippen LogP contribution in [0.3, 0.4) is 0 Å². The average Bonchev–Trinajstić information content (AvgIpc) is 2.52. The van der Waals surface area contributed by atoms with Crippen LogP contribution in [-0.2, 0) is 0 Å². The predicted molar refractivity (Wildman–Crippen MR) is 67.3 cm³/mol. The highest BCUT2D eigenvalue weighted by Crippen LogP contribution is 2.21. The Balaban J connectivity index is 2.36. The number of hydrogen-bond acceptors (Lipinski definition) is 2. The van der Waals surface area contributed by atoms with E-state index in [0.717, 1.165) is 12.6 Å². The summed E-state index contributed by atoms with van der Waals surface area (Å²) in [5.74, 6) is 0. The molecule has 1 rings (SSSR count). The van der Waals surface area contributed by atoms with Gasteiger partial charge in [0.1, 0.15) is 0 Å². The molecule has 0 bridgehead atoms. The van der Waals surface area contributed by atoms with E-state index in [2.05, 4.69) is 24.2 Å². The van der Waals surface area contributed by atoms with Gasteiger partial charge in [0.2, 0.25) is 0 Å². The van der Waals surface area contributed by atoms with Gasteiger partial charge in [0.05, 0.1) is 0 Å². The van der Waals surface area contributed by atoms with Crippen LogP contribution in [0.5, 0.6) is 0 Å². The molecule has 2 nitrogen and oxygen atoms in total. The summed E-state index contributed by atoms with van der Waals surface area (Å²) in [5.41, 5.74) is 0. The summed E-state index contributed by atoms with van der Waals surface area (Å²) in [5, 5.41) is 3.27. The maximum atomic E-state index is 3.27. The Morgan fingerprint density at radius 2 is 1.73 bits per heavy atom. The summed E-state index contributed by atoms with van der Waals surface area (Å²) >= 11 is 0. The Morgan fingerprint density at radius 3 is 2.27 bits per heavy atom. The molecule has 1 aliphatic rings. The maximum absolute atomic E-state index is 3.27. The molecule has 1 fully saturated rings. The SMILES string of the molecule is CCCN(CCNC)C1CCCCCC1. The highest BCUT2D eigenvalue weighted by molar-refractivity contribution is 4.74. The van der Waals surface area contributed by atoms with Crippen LogP contribution in [0.2, 0.25) is 0 Å². The summed E-state index contributed by atoms with van der Waals surface area (Å²) in [6.07, 6.45) is 9.98. The molecule has 2 heteroatoms. The number of rotatable bonds is 6. The van der Waals surface area contributed by atoms with Gasteiger partial charge < -0.3 is 5.32 Å². The lowest BCUT2D eigenvalue weighted by molar-refractivity contribution is 0.180. The minimum Gasteiger partial charge on any atom is -0.318 e. The van der Waals surface area contributed by atoms with Crippen LogP contribution in [0, 0.1) is 0 Å². The van der Waals surface area contributed by atoms with Gasteiger partial charge in [0, 0.05) is 19.1 Å². The van der Waals surface area contributed by atoms with Crippen LogP contribution in [0.25, 0.3) is 0 Å². The van der Waals surface area contributed by atoms with Crippen LogP contribution in [0.15, 0.2) is 0 Å². The van der Waals surface area contributed by atoms with E-state index in [1.165, 1.54) is 58.0 Å². The Bertz CT molecular complexity index is 139. The first kappa shape index (κ1) is 13.0. The Hall–Kier alpha value is -0.0800. The Morgan fingerprint density at radius 1 is 1.07 bits per heavy atom. The van der Waals surface area contributed by atoms with Gasteiger partial charge in [0.25, 0.3) is 0 Å². The third-order valence-electron chi connectivity index (χ3n) is 3.50. The van der Waals surface area contributed by atoms with Gasteiger partial charge in [-0.2, -0.15) is 0 Å². The molecule has 1 saturated carbocycles. The zero-order valence-electron chi connectivity index (χ0n) is 10.6. The lowest BCUT2D eigenvalue weighted by Gasteiger charge is -2.30. The van der Waals surface area contributed by atoms with Crippen molar-refractivity contribution in [1.82, 2.24) is 10.2 Å². The lowest BCUT2D eigenvalue weighted by atomic mass is 10.1. The Kier molecular flexibility index (Phi) is 7.03. The molecule has 0 aromatic heterocycles. The van der Waals surface area contributed by atoms with Crippen molar-refractivity contribution in [3.05, 3.63) is 0 Å². The first-order valence-electron chi connectivity index (χ1n) is 6.77. The predicted octanol–water partition coefficient (Wildman–Crippen LogP) is 2.64. The normalized spacial score (nSPS) is 19.4. The fourth-order valence-electron chi connectivity index (χ4n) is 2.64. The number of nitrogens with zero attached hydrogens (tertiary/aromatic N) is 1. The second-order valence-electron chi connectivity index (χ2n) is 4.78. The minimum atomic E-state index is 0.876. The third-order valence-corrected chi connectivity index (χ3v) is 3.50. The molecule has 0 aliphatic heterocycles. The summed E-state index contributed by atoms with van der Waals surface area (Å²) in [4.78, 5) is 2.71. The van der Waals surface area contributed by atoms with Crippen molar-refractivity contribution in [2.24, 2.45) is 0 Å². The summed E-state index contributed by atoms with van der Waals surface area (Å²) < 4.78 is 0. The molecule has 90 valence electrons. The third kappa shape index (κ3) is 4.98. The summed E-state index contributed by atoms with van der Waals surface area (Å²) in [6.45, 7) is 5.95. The monoisotopic (exact) mass is 212 g/mol. The van der Waals surface area contributed by atoms with Crippen LogP contribution < -0.4 is 5.32 Å². The molecule has 0 heterocycles. The van der Waals surface area contributed by atoms with Crippen molar-refractivity contribution in [2.45, 2.75) is 57.9 Å². The minimum absolute atomic E-state index is 0.876. The molecule has 0 unspecified atom stereocenters. The van der Waals surface area contributed by atoms with E-state index < -0.39 is 0 Å². The topological polar surface area (TPSA) is 15.3 Å². The van der Waals surface area contributed by atoms with Gasteiger partial charge in [-0.05, 0) is 32.9 Å². The molecule has 0 amide bonds. The van der Waals surface area contributed by atoms with Crippen molar-refractivity contribution in [1.29, 1.82) is 0 Å². The van der Waals surface area contributed by atoms with Gasteiger partial charge in [0.15, 0.2) is 0 Å². The lowest BCUT2D eigenvalue weighted by Crippen LogP contribution is -2.39. The van der Waals surface area contributed by atoms with Crippen molar-refractivity contribution in [3.63, 3.8) is 0 Å². The zero-order valence-corrected chi connectivity index (χ0v) is 10.6. The highest BCUT2D eigenvalue weighted by Gasteiger charge is 2.18. The quantitative estimate of drug-likeness (QED) is 0.681. The van der Waals surface area contributed by atoms with E-state index in [1.807, 2.05) is 0 Å². The van der Waals surface area contributed by atoms with Crippen molar-refractivity contribution in [2.75, 3.05) is 26.7 Å². The van der Waals surface area contributed by atoms with E-state index in [4.69, 9.17) is 0 Å². The van der Waals surface area contributed by atoms with Crippen molar-refractivity contribution < 1.29 is 0 Å². The van der Waals surface area contributed by atoms with Gasteiger partial charge in [-0.3, -0.25) is 4.90 Å². The van der Waals surface area contributed by atoms with Crippen LogP contribution >= 0.6 is 0 Å².